The van der Waals surface area contributed by atoms with Crippen LogP contribution in [0.3, 0.4) is 0 Å². The second-order valence-electron chi connectivity index (χ2n) is 6.30. The molecule has 0 fully saturated rings. The van der Waals surface area contributed by atoms with E-state index in [1.54, 1.807) is 0 Å². The monoisotopic (exact) mass is 380 g/mol. The first-order valence-electron chi connectivity index (χ1n) is 8.67. The van der Waals surface area contributed by atoms with Crippen molar-refractivity contribution in [3.05, 3.63) is 53.4 Å². The maximum Gasteiger partial charge on any atom is 0.267 e. The summed E-state index contributed by atoms with van der Waals surface area (Å²) in [6.07, 6.45) is 0.0478. The number of anilines is 1. The fraction of sp³-hybridized carbons (Fsp3) is 0.200. The Hall–Kier alpha value is -3.06. The number of hydrogen-bond acceptors (Lipinski definition) is 6. The molecule has 0 saturated heterocycles. The van der Waals surface area contributed by atoms with Gasteiger partial charge in [-0.1, -0.05) is 18.2 Å². The Labute approximate surface area is 159 Å². The molecule has 0 saturated carbocycles. The number of para-hydroxylation sites is 1. The summed E-state index contributed by atoms with van der Waals surface area (Å²) in [6.45, 7) is 1.10. The quantitative estimate of drug-likeness (QED) is 0.753. The van der Waals surface area contributed by atoms with Gasteiger partial charge in [0.1, 0.15) is 19.0 Å². The molecule has 1 amide bonds. The second kappa shape index (κ2) is 6.59. The summed E-state index contributed by atoms with van der Waals surface area (Å²) in [6, 6.07) is 13.4. The van der Waals surface area contributed by atoms with E-state index in [9.17, 15) is 4.79 Å². The Bertz CT molecular complexity index is 992. The number of nitrogens with one attached hydrogen (secondary N) is 1. The highest BCUT2D eigenvalue weighted by molar-refractivity contribution is 7.14. The van der Waals surface area contributed by atoms with Crippen LogP contribution < -0.4 is 19.5 Å². The van der Waals surface area contributed by atoms with E-state index in [0.717, 1.165) is 34.1 Å². The van der Waals surface area contributed by atoms with Gasteiger partial charge in [-0.25, -0.2) is 4.98 Å². The minimum atomic E-state index is -0.524. The van der Waals surface area contributed by atoms with Crippen LogP contribution in [-0.4, -0.2) is 30.2 Å². The van der Waals surface area contributed by atoms with Crippen LogP contribution in [0.25, 0.3) is 11.3 Å². The minimum absolute atomic E-state index is 0.186. The summed E-state index contributed by atoms with van der Waals surface area (Å²) in [5, 5.41) is 5.31. The second-order valence-corrected chi connectivity index (χ2v) is 7.16. The molecule has 5 rings (SSSR count). The van der Waals surface area contributed by atoms with Gasteiger partial charge < -0.3 is 14.2 Å². The van der Waals surface area contributed by atoms with Gasteiger partial charge >= 0.3 is 0 Å². The van der Waals surface area contributed by atoms with Gasteiger partial charge in [0.05, 0.1) is 5.69 Å². The number of carbonyl (C=O) groups is 1. The van der Waals surface area contributed by atoms with Crippen LogP contribution in [0.2, 0.25) is 0 Å². The molecule has 3 heterocycles. The molecule has 1 N–H and O–H groups in total. The summed E-state index contributed by atoms with van der Waals surface area (Å²) in [5.41, 5.74) is 2.75. The van der Waals surface area contributed by atoms with E-state index in [4.69, 9.17) is 14.2 Å². The molecule has 1 unspecified atom stereocenters. The van der Waals surface area contributed by atoms with Gasteiger partial charge in [0, 0.05) is 17.4 Å². The lowest BCUT2D eigenvalue weighted by Crippen LogP contribution is -2.31. The van der Waals surface area contributed by atoms with Crippen LogP contribution in [0.4, 0.5) is 5.13 Å². The van der Waals surface area contributed by atoms with E-state index in [0.29, 0.717) is 24.8 Å². The fourth-order valence-corrected chi connectivity index (χ4v) is 3.90. The van der Waals surface area contributed by atoms with E-state index in [2.05, 4.69) is 10.3 Å². The molecule has 7 heteroatoms. The van der Waals surface area contributed by atoms with Crippen LogP contribution >= 0.6 is 11.3 Å². The maximum absolute atomic E-state index is 12.5. The zero-order valence-corrected chi connectivity index (χ0v) is 15.1. The summed E-state index contributed by atoms with van der Waals surface area (Å²) >= 11 is 1.38. The van der Waals surface area contributed by atoms with Gasteiger partial charge in [0.25, 0.3) is 5.91 Å². The van der Waals surface area contributed by atoms with Gasteiger partial charge in [-0.15, -0.1) is 11.3 Å². The summed E-state index contributed by atoms with van der Waals surface area (Å²) in [4.78, 5) is 17.0. The van der Waals surface area contributed by atoms with Crippen molar-refractivity contribution in [1.82, 2.24) is 4.98 Å². The van der Waals surface area contributed by atoms with Crippen molar-refractivity contribution >= 4 is 22.4 Å². The molecule has 3 aromatic rings. The molecule has 0 bridgehead atoms. The SMILES string of the molecule is O=C(Nc1nc(-c2ccc3c(c2)OCCO3)cs1)C1Cc2ccccc2O1. The number of ether oxygens (including phenoxy) is 3. The van der Waals surface area contributed by atoms with E-state index in [1.165, 1.54) is 11.3 Å². The van der Waals surface area contributed by atoms with E-state index in [1.807, 2.05) is 47.8 Å². The number of aromatic nitrogens is 1. The fourth-order valence-electron chi connectivity index (χ4n) is 3.18. The molecular formula is C20H16N2O4S. The smallest absolute Gasteiger partial charge is 0.267 e. The Kier molecular flexibility index (Phi) is 3.94. The first-order valence-corrected chi connectivity index (χ1v) is 9.55. The minimum Gasteiger partial charge on any atom is -0.486 e. The molecule has 0 spiro atoms. The van der Waals surface area contributed by atoms with E-state index < -0.39 is 6.10 Å². The average molecular weight is 380 g/mol. The van der Waals surface area contributed by atoms with Crippen molar-refractivity contribution in [1.29, 1.82) is 0 Å². The highest BCUT2D eigenvalue weighted by Crippen LogP contribution is 2.35. The van der Waals surface area contributed by atoms with Gasteiger partial charge in [-0.2, -0.15) is 0 Å². The molecule has 0 aliphatic carbocycles. The topological polar surface area (TPSA) is 69.7 Å². The lowest BCUT2D eigenvalue weighted by molar-refractivity contribution is -0.122. The lowest BCUT2D eigenvalue weighted by Gasteiger charge is -2.18. The maximum atomic E-state index is 12.5. The predicted molar refractivity (Wildman–Crippen MR) is 102 cm³/mol. The van der Waals surface area contributed by atoms with Gasteiger partial charge in [0.2, 0.25) is 0 Å². The molecule has 2 aliphatic heterocycles. The van der Waals surface area contributed by atoms with Crippen LogP contribution in [0.5, 0.6) is 17.2 Å². The van der Waals surface area contributed by atoms with Crippen LogP contribution in [-0.2, 0) is 11.2 Å². The third kappa shape index (κ3) is 3.10. The Morgan fingerprint density at radius 1 is 1.07 bits per heavy atom. The normalized spacial score (nSPS) is 17.1. The number of rotatable bonds is 3. The largest absolute Gasteiger partial charge is 0.486 e. The van der Waals surface area contributed by atoms with Gasteiger partial charge in [-0.3, -0.25) is 10.1 Å². The van der Waals surface area contributed by atoms with Crippen LogP contribution in [0.15, 0.2) is 47.8 Å². The first kappa shape index (κ1) is 16.1. The first-order chi connectivity index (χ1) is 13.3. The van der Waals surface area contributed by atoms with Crippen molar-refractivity contribution in [2.24, 2.45) is 0 Å². The predicted octanol–water partition coefficient (Wildman–Crippen LogP) is 3.52. The standard InChI is InChI=1S/C20H16N2O4S/c23-19(18-10-13-3-1-2-4-15(13)26-18)22-20-21-14(11-27-20)12-5-6-16-17(9-12)25-8-7-24-16/h1-6,9,11,18H,7-8,10H2,(H,21,22,23). The summed E-state index contributed by atoms with van der Waals surface area (Å²) in [5.74, 6) is 2.05. The molecule has 2 aliphatic rings. The highest BCUT2D eigenvalue weighted by Gasteiger charge is 2.29. The van der Waals surface area contributed by atoms with Crippen LogP contribution in [0, 0.1) is 0 Å². The van der Waals surface area contributed by atoms with E-state index >= 15 is 0 Å². The average Bonchev–Trinajstić information content (AvgIpc) is 3.34. The third-order valence-corrected chi connectivity index (χ3v) is 5.27. The molecule has 136 valence electrons. The zero-order chi connectivity index (χ0) is 18.2. The number of nitrogens with zero attached hydrogens (tertiary/aromatic N) is 1. The van der Waals surface area contributed by atoms with Crippen molar-refractivity contribution in [3.8, 4) is 28.5 Å². The van der Waals surface area contributed by atoms with Crippen molar-refractivity contribution in [3.63, 3.8) is 0 Å². The molecule has 27 heavy (non-hydrogen) atoms. The lowest BCUT2D eigenvalue weighted by atomic mass is 10.1. The molecule has 6 nitrogen and oxygen atoms in total. The summed E-state index contributed by atoms with van der Waals surface area (Å²) in [7, 11) is 0. The molecular weight excluding hydrogens is 364 g/mol. The number of hydrogen-bond donors (Lipinski definition) is 1. The van der Waals surface area contributed by atoms with Crippen molar-refractivity contribution in [2.45, 2.75) is 12.5 Å². The Morgan fingerprint density at radius 3 is 2.81 bits per heavy atom. The number of carbonyl (C=O) groups excluding carboxylic acids is 1. The summed E-state index contributed by atoms with van der Waals surface area (Å²) < 4.78 is 16.9. The van der Waals surface area contributed by atoms with Crippen molar-refractivity contribution < 1.29 is 19.0 Å². The Morgan fingerprint density at radius 2 is 1.93 bits per heavy atom. The van der Waals surface area contributed by atoms with Gasteiger partial charge in [-0.05, 0) is 29.8 Å². The number of benzene rings is 2. The molecule has 0 radical (unpaired) electrons. The Balaban J connectivity index is 1.29. The molecule has 1 atom stereocenters. The number of amides is 1. The third-order valence-electron chi connectivity index (χ3n) is 4.51. The van der Waals surface area contributed by atoms with Gasteiger partial charge in [0.15, 0.2) is 22.7 Å². The van der Waals surface area contributed by atoms with Crippen LogP contribution in [0.1, 0.15) is 5.56 Å². The number of thiazole rings is 1. The molecule has 2 aromatic carbocycles. The molecule has 1 aromatic heterocycles. The highest BCUT2D eigenvalue weighted by atomic mass is 32.1. The zero-order valence-electron chi connectivity index (χ0n) is 14.3. The van der Waals surface area contributed by atoms with Crippen molar-refractivity contribution in [2.75, 3.05) is 18.5 Å². The number of fused-ring (bicyclic) bond motifs is 2. The van der Waals surface area contributed by atoms with E-state index in [-0.39, 0.29) is 5.91 Å².